The van der Waals surface area contributed by atoms with Crippen LogP contribution < -0.4 is 23.4 Å². The summed E-state index contributed by atoms with van der Waals surface area (Å²) in [6.45, 7) is 3.88. The molecule has 5 rings (SSSR count). The van der Waals surface area contributed by atoms with Crippen LogP contribution in [0.25, 0.3) is 0 Å². The third-order valence-electron chi connectivity index (χ3n) is 7.50. The van der Waals surface area contributed by atoms with Gasteiger partial charge >= 0.3 is 6.09 Å². The Hall–Kier alpha value is -4.74. The van der Waals surface area contributed by atoms with E-state index in [2.05, 4.69) is 9.36 Å². The lowest BCUT2D eigenvalue weighted by Gasteiger charge is -2.41. The van der Waals surface area contributed by atoms with Crippen LogP contribution in [0.3, 0.4) is 0 Å². The Bertz CT molecular complexity index is 2000. The second kappa shape index (κ2) is 15.2. The monoisotopic (exact) mass is 765 g/mol. The molecule has 0 bridgehead atoms. The fourth-order valence-corrected chi connectivity index (χ4v) is 7.50. The van der Waals surface area contributed by atoms with Crippen LogP contribution in [0.2, 0.25) is 5.02 Å². The van der Waals surface area contributed by atoms with E-state index < -0.39 is 62.6 Å². The van der Waals surface area contributed by atoms with E-state index in [0.29, 0.717) is 34.2 Å². The Labute approximate surface area is 302 Å². The van der Waals surface area contributed by atoms with E-state index in [1.165, 1.54) is 24.0 Å². The van der Waals surface area contributed by atoms with Crippen molar-refractivity contribution in [3.63, 3.8) is 0 Å². The number of methoxy groups -OCH3 is 2. The quantitative estimate of drug-likeness (QED) is 0.181. The smallest absolute Gasteiger partial charge is 0.410 e. The van der Waals surface area contributed by atoms with Crippen molar-refractivity contribution in [3.8, 4) is 17.2 Å². The van der Waals surface area contributed by atoms with E-state index >= 15 is 8.78 Å². The molecule has 13 nitrogen and oxygen atoms in total. The van der Waals surface area contributed by atoms with Gasteiger partial charge in [0.05, 0.1) is 26.8 Å². The van der Waals surface area contributed by atoms with Crippen LogP contribution in [0.15, 0.2) is 65.8 Å². The maximum Gasteiger partial charge on any atom is 0.410 e. The zero-order valence-electron chi connectivity index (χ0n) is 28.1. The Morgan fingerprint density at radius 3 is 2.39 bits per heavy atom. The van der Waals surface area contributed by atoms with Gasteiger partial charge < -0.3 is 23.8 Å². The first-order valence-corrected chi connectivity index (χ1v) is 17.9. The molecule has 0 N–H and O–H groups in total. The summed E-state index contributed by atoms with van der Waals surface area (Å²) in [5, 5.41) is 0.318. The molecule has 51 heavy (non-hydrogen) atoms. The predicted molar refractivity (Wildman–Crippen MR) is 185 cm³/mol. The van der Waals surface area contributed by atoms with Crippen molar-refractivity contribution in [1.82, 2.24) is 14.3 Å². The Kier molecular flexibility index (Phi) is 11.2. The number of piperazine rings is 1. The summed E-state index contributed by atoms with van der Waals surface area (Å²) in [7, 11) is -1.94. The highest BCUT2D eigenvalue weighted by molar-refractivity contribution is 7.93. The van der Waals surface area contributed by atoms with E-state index in [-0.39, 0.29) is 30.5 Å². The molecular formula is C33H34ClF2N5O8S2. The third kappa shape index (κ3) is 8.60. The van der Waals surface area contributed by atoms with Crippen molar-refractivity contribution in [3.05, 3.63) is 83.1 Å². The average molecular weight is 766 g/mol. The molecule has 1 saturated heterocycles. The number of halogens is 3. The number of rotatable bonds is 11. The highest BCUT2D eigenvalue weighted by Gasteiger charge is 2.38. The number of aromatic nitrogens is 2. The minimum Gasteiger partial charge on any atom is -0.497 e. The van der Waals surface area contributed by atoms with Gasteiger partial charge in [-0.3, -0.25) is 9.69 Å². The number of hydrogen-bond donors (Lipinski definition) is 0. The van der Waals surface area contributed by atoms with E-state index in [1.807, 2.05) is 0 Å². The number of carbonyl (C=O) groups is 2. The highest BCUT2D eigenvalue weighted by atomic mass is 35.5. The lowest BCUT2D eigenvalue weighted by atomic mass is 10.1. The van der Waals surface area contributed by atoms with Crippen LogP contribution in [0, 0.1) is 11.6 Å². The Balaban J connectivity index is 1.43. The molecule has 1 aliphatic heterocycles. The maximum absolute atomic E-state index is 15.8. The molecule has 4 aromatic rings. The van der Waals surface area contributed by atoms with Gasteiger partial charge in [-0.15, -0.1) is 0 Å². The first-order valence-electron chi connectivity index (χ1n) is 15.3. The number of ether oxygens (including phenoxy) is 4. The van der Waals surface area contributed by atoms with Crippen LogP contribution in [-0.2, 0) is 26.1 Å². The lowest BCUT2D eigenvalue weighted by molar-refractivity contribution is -0.122. The molecule has 0 radical (unpaired) electrons. The molecule has 272 valence electrons. The number of hydrogen-bond acceptors (Lipinski definition) is 11. The Morgan fingerprint density at radius 2 is 1.76 bits per heavy atom. The number of anilines is 2. The van der Waals surface area contributed by atoms with E-state index in [9.17, 15) is 18.0 Å². The van der Waals surface area contributed by atoms with Crippen LogP contribution in [0.5, 0.6) is 17.2 Å². The molecule has 0 spiro atoms. The van der Waals surface area contributed by atoms with E-state index in [1.54, 1.807) is 63.2 Å². The van der Waals surface area contributed by atoms with E-state index in [4.69, 9.17) is 30.5 Å². The van der Waals surface area contributed by atoms with Gasteiger partial charge in [-0.05, 0) is 57.2 Å². The largest absolute Gasteiger partial charge is 0.497 e. The number of benzene rings is 3. The average Bonchev–Trinajstić information content (AvgIpc) is 3.61. The molecule has 2 amide bonds. The third-order valence-corrected chi connectivity index (χ3v) is 10.3. The van der Waals surface area contributed by atoms with Gasteiger partial charge in [0.25, 0.3) is 10.0 Å². The van der Waals surface area contributed by atoms with Crippen molar-refractivity contribution in [2.75, 3.05) is 43.1 Å². The fraction of sp³-hybridized carbons (Fsp3) is 0.333. The van der Waals surface area contributed by atoms with Gasteiger partial charge in [0.2, 0.25) is 11.0 Å². The molecule has 18 heteroatoms. The lowest BCUT2D eigenvalue weighted by Crippen LogP contribution is -2.60. The van der Waals surface area contributed by atoms with Gasteiger partial charge in [-0.25, -0.2) is 31.3 Å². The van der Waals surface area contributed by atoms with Crippen molar-refractivity contribution >= 4 is 56.0 Å². The topological polar surface area (TPSA) is 141 Å². The molecule has 1 unspecified atom stereocenters. The van der Waals surface area contributed by atoms with E-state index in [0.717, 1.165) is 22.2 Å². The zero-order valence-corrected chi connectivity index (χ0v) is 30.5. The molecule has 3 aromatic carbocycles. The van der Waals surface area contributed by atoms with Gasteiger partial charge in [0, 0.05) is 52.5 Å². The van der Waals surface area contributed by atoms with Crippen LogP contribution >= 0.6 is 23.1 Å². The number of amides is 2. The van der Waals surface area contributed by atoms with Gasteiger partial charge in [0.15, 0.2) is 11.6 Å². The SMILES string of the molecule is COc1ccc(CN(c2ncns2)S(=O)(=O)c2cc(F)c(OCC3CN(C(=O)OC(C)(C)C)CC(=O)N3c3ccc(Cl)cc3)cc2F)c(OC)c1. The summed E-state index contributed by atoms with van der Waals surface area (Å²) in [5.74, 6) is -2.87. The number of sulfonamides is 1. The summed E-state index contributed by atoms with van der Waals surface area (Å²) in [6, 6.07) is 11.3. The van der Waals surface area contributed by atoms with Crippen LogP contribution in [0.4, 0.5) is 24.4 Å². The van der Waals surface area contributed by atoms with Gasteiger partial charge in [-0.2, -0.15) is 4.37 Å². The second-order valence-electron chi connectivity index (χ2n) is 12.2. The van der Waals surface area contributed by atoms with Crippen LogP contribution in [0.1, 0.15) is 26.3 Å². The summed E-state index contributed by atoms with van der Waals surface area (Å²) < 4.78 is 85.8. The summed E-state index contributed by atoms with van der Waals surface area (Å²) in [6.07, 6.45) is 0.394. The number of nitrogens with zero attached hydrogens (tertiary/aromatic N) is 5. The summed E-state index contributed by atoms with van der Waals surface area (Å²) >= 11 is 6.78. The summed E-state index contributed by atoms with van der Waals surface area (Å²) in [4.78, 5) is 31.9. The molecule has 0 aliphatic carbocycles. The Morgan fingerprint density at radius 1 is 1.04 bits per heavy atom. The van der Waals surface area contributed by atoms with Crippen molar-refractivity contribution < 1.29 is 45.7 Å². The summed E-state index contributed by atoms with van der Waals surface area (Å²) in [5.41, 5.74) is -0.0278. The minimum absolute atomic E-state index is 0.0779. The minimum atomic E-state index is -4.79. The standard InChI is InChI=1S/C33H34ClF2N5O8S2/c1-33(2,3)49-32(43)39-16-23(41(30(42)17-39)22-9-7-21(34)8-10-22)18-48-28-13-26(36)29(14-25(28)35)51(44,45)40(31-37-19-38-50-31)15-20-6-11-24(46-4)12-27(20)47-5/h6-14,19,23H,15-18H2,1-5H3. The van der Waals surface area contributed by atoms with Crippen molar-refractivity contribution in [2.45, 2.75) is 43.9 Å². The second-order valence-corrected chi connectivity index (χ2v) is 15.2. The molecule has 0 saturated carbocycles. The molecule has 1 atom stereocenters. The molecule has 1 aliphatic rings. The molecule has 2 heterocycles. The fourth-order valence-electron chi connectivity index (χ4n) is 5.19. The predicted octanol–water partition coefficient (Wildman–Crippen LogP) is 5.91. The maximum atomic E-state index is 15.8. The first-order chi connectivity index (χ1) is 24.1. The van der Waals surface area contributed by atoms with Crippen molar-refractivity contribution in [2.24, 2.45) is 0 Å². The first kappa shape index (κ1) is 37.5. The molecule has 1 fully saturated rings. The number of carbonyl (C=O) groups excluding carboxylic acids is 2. The van der Waals surface area contributed by atoms with Gasteiger partial charge in [-0.1, -0.05) is 11.6 Å². The molecular weight excluding hydrogens is 732 g/mol. The van der Waals surface area contributed by atoms with Crippen LogP contribution in [-0.4, -0.2) is 80.2 Å². The zero-order chi connectivity index (χ0) is 37.1. The van der Waals surface area contributed by atoms with Gasteiger partial charge in [0.1, 0.15) is 47.3 Å². The normalized spacial score (nSPS) is 15.1. The highest BCUT2D eigenvalue weighted by Crippen LogP contribution is 2.34. The van der Waals surface area contributed by atoms with Crippen molar-refractivity contribution in [1.29, 1.82) is 0 Å². The molecule has 1 aromatic heterocycles.